The molecular formula is C12H12N2O3. The fourth-order valence-electron chi connectivity index (χ4n) is 1.56. The number of hydrogen-bond acceptors (Lipinski definition) is 4. The van der Waals surface area contributed by atoms with Crippen molar-refractivity contribution in [3.8, 4) is 0 Å². The number of aromatic carboxylic acids is 1. The summed E-state index contributed by atoms with van der Waals surface area (Å²) in [4.78, 5) is 14.3. The monoisotopic (exact) mass is 232 g/mol. The first-order valence-corrected chi connectivity index (χ1v) is 5.26. The van der Waals surface area contributed by atoms with Crippen molar-refractivity contribution in [2.75, 3.05) is 0 Å². The molecule has 0 atom stereocenters. The van der Waals surface area contributed by atoms with Crippen molar-refractivity contribution in [2.45, 2.75) is 19.8 Å². The average Bonchev–Trinajstić information content (AvgIpc) is 2.75. The quantitative estimate of drug-likeness (QED) is 0.870. The van der Waals surface area contributed by atoms with E-state index in [-0.39, 0.29) is 5.82 Å². The number of carbonyl (C=O) groups is 1. The van der Waals surface area contributed by atoms with Crippen molar-refractivity contribution >= 4 is 5.97 Å². The number of hydrogen-bond donors (Lipinski definition) is 1. The van der Waals surface area contributed by atoms with Gasteiger partial charge in [-0.15, -0.1) is 0 Å². The lowest BCUT2D eigenvalue weighted by Gasteiger charge is -1.99. The van der Waals surface area contributed by atoms with Gasteiger partial charge < -0.3 is 9.63 Å². The van der Waals surface area contributed by atoms with Gasteiger partial charge in [0.15, 0.2) is 0 Å². The predicted molar refractivity (Wildman–Crippen MR) is 59.8 cm³/mol. The highest BCUT2D eigenvalue weighted by atomic mass is 16.5. The summed E-state index contributed by atoms with van der Waals surface area (Å²) in [7, 11) is 0. The number of carboxylic acids is 1. The minimum atomic E-state index is -1.17. The number of rotatable bonds is 4. The Balaban J connectivity index is 2.00. The van der Waals surface area contributed by atoms with Gasteiger partial charge in [0.2, 0.25) is 5.89 Å². The molecule has 1 heterocycles. The second kappa shape index (κ2) is 4.78. The lowest BCUT2D eigenvalue weighted by atomic mass is 10.1. The maximum atomic E-state index is 10.5. The Kier molecular flexibility index (Phi) is 3.18. The summed E-state index contributed by atoms with van der Waals surface area (Å²) in [5.41, 5.74) is 2.36. The van der Waals surface area contributed by atoms with E-state index in [1.807, 2.05) is 25.1 Å². The van der Waals surface area contributed by atoms with Crippen molar-refractivity contribution in [2.24, 2.45) is 0 Å². The molecule has 1 aromatic carbocycles. The van der Waals surface area contributed by atoms with Gasteiger partial charge in [0.1, 0.15) is 0 Å². The molecule has 0 saturated carbocycles. The minimum Gasteiger partial charge on any atom is -0.475 e. The minimum absolute atomic E-state index is 0.288. The van der Waals surface area contributed by atoms with Crippen LogP contribution in [-0.4, -0.2) is 21.2 Å². The molecule has 5 heteroatoms. The number of nitrogens with zero attached hydrogens (tertiary/aromatic N) is 2. The van der Waals surface area contributed by atoms with E-state index in [0.717, 1.165) is 6.42 Å². The van der Waals surface area contributed by atoms with Crippen LogP contribution in [0.3, 0.4) is 0 Å². The van der Waals surface area contributed by atoms with E-state index >= 15 is 0 Å². The molecule has 0 bridgehead atoms. The van der Waals surface area contributed by atoms with Gasteiger partial charge in [0.05, 0.1) is 0 Å². The van der Waals surface area contributed by atoms with Gasteiger partial charge in [-0.3, -0.25) is 0 Å². The normalized spacial score (nSPS) is 10.4. The molecule has 0 unspecified atom stereocenters. The van der Waals surface area contributed by atoms with Crippen LogP contribution in [0.25, 0.3) is 0 Å². The molecule has 1 N–H and O–H groups in total. The van der Waals surface area contributed by atoms with Crippen molar-refractivity contribution in [1.82, 2.24) is 10.1 Å². The number of aromatic nitrogens is 2. The molecule has 88 valence electrons. The summed E-state index contributed by atoms with van der Waals surface area (Å²) in [6, 6.07) is 8.11. The first-order chi connectivity index (χ1) is 8.15. The molecule has 0 fully saturated rings. The van der Waals surface area contributed by atoms with Crippen LogP contribution < -0.4 is 0 Å². The molecule has 2 aromatic rings. The molecule has 0 spiro atoms. The third-order valence-corrected chi connectivity index (χ3v) is 2.37. The zero-order valence-corrected chi connectivity index (χ0v) is 9.38. The Morgan fingerprint density at radius 2 is 2.24 bits per heavy atom. The van der Waals surface area contributed by atoms with Gasteiger partial charge >= 0.3 is 5.97 Å². The van der Waals surface area contributed by atoms with Crippen LogP contribution in [0.4, 0.5) is 0 Å². The van der Waals surface area contributed by atoms with Crippen LogP contribution in [0.2, 0.25) is 0 Å². The molecule has 17 heavy (non-hydrogen) atoms. The predicted octanol–water partition coefficient (Wildman–Crippen LogP) is 1.86. The molecular weight excluding hydrogens is 220 g/mol. The first-order valence-electron chi connectivity index (χ1n) is 5.26. The van der Waals surface area contributed by atoms with Crippen molar-refractivity contribution in [1.29, 1.82) is 0 Å². The standard InChI is InChI=1S/C12H12N2O3/c1-8-3-2-4-9(7-8)5-6-10-13-11(12(15)16)14-17-10/h2-4,7H,5-6H2,1H3,(H,15,16). The summed E-state index contributed by atoms with van der Waals surface area (Å²) in [5.74, 6) is -1.11. The van der Waals surface area contributed by atoms with Crippen molar-refractivity contribution in [3.63, 3.8) is 0 Å². The van der Waals surface area contributed by atoms with Gasteiger partial charge in [-0.1, -0.05) is 29.8 Å². The molecule has 0 aliphatic heterocycles. The van der Waals surface area contributed by atoms with Crippen LogP contribution in [0.5, 0.6) is 0 Å². The number of carboxylic acid groups (broad SMARTS) is 1. The van der Waals surface area contributed by atoms with Gasteiger partial charge in [-0.05, 0) is 24.1 Å². The summed E-state index contributed by atoms with van der Waals surface area (Å²) < 4.78 is 4.84. The zero-order chi connectivity index (χ0) is 12.3. The molecule has 2 rings (SSSR count). The first kappa shape index (κ1) is 11.3. The van der Waals surface area contributed by atoms with Crippen LogP contribution in [0.1, 0.15) is 27.6 Å². The Labute approximate surface area is 98.1 Å². The molecule has 0 saturated heterocycles. The molecule has 1 aromatic heterocycles. The van der Waals surface area contributed by atoms with E-state index in [2.05, 4.69) is 16.2 Å². The Morgan fingerprint density at radius 3 is 2.88 bits per heavy atom. The topological polar surface area (TPSA) is 76.2 Å². The van der Waals surface area contributed by atoms with Crippen molar-refractivity contribution in [3.05, 3.63) is 47.1 Å². The van der Waals surface area contributed by atoms with Crippen LogP contribution in [0.15, 0.2) is 28.8 Å². The summed E-state index contributed by atoms with van der Waals surface area (Å²) in [5, 5.41) is 12.0. The van der Waals surface area contributed by atoms with Crippen LogP contribution in [-0.2, 0) is 12.8 Å². The zero-order valence-electron chi connectivity index (χ0n) is 9.38. The SMILES string of the molecule is Cc1cccc(CCc2nc(C(=O)O)no2)c1. The summed E-state index contributed by atoms with van der Waals surface area (Å²) in [6.45, 7) is 2.03. The van der Waals surface area contributed by atoms with Gasteiger partial charge in [-0.2, -0.15) is 4.98 Å². The second-order valence-corrected chi connectivity index (χ2v) is 3.81. The maximum Gasteiger partial charge on any atom is 0.377 e. The van der Waals surface area contributed by atoms with E-state index in [4.69, 9.17) is 9.63 Å². The highest BCUT2D eigenvalue weighted by Gasteiger charge is 2.12. The van der Waals surface area contributed by atoms with E-state index in [1.54, 1.807) is 0 Å². The Bertz CT molecular complexity index is 534. The third-order valence-electron chi connectivity index (χ3n) is 2.37. The van der Waals surface area contributed by atoms with Gasteiger partial charge in [0.25, 0.3) is 5.82 Å². The van der Waals surface area contributed by atoms with Gasteiger partial charge in [-0.25, -0.2) is 4.79 Å². The lowest BCUT2D eigenvalue weighted by molar-refractivity contribution is 0.0680. The number of aryl methyl sites for hydroxylation is 3. The molecule has 5 nitrogen and oxygen atoms in total. The molecule has 0 amide bonds. The lowest BCUT2D eigenvalue weighted by Crippen LogP contribution is -1.99. The van der Waals surface area contributed by atoms with E-state index in [1.165, 1.54) is 11.1 Å². The molecule has 0 radical (unpaired) electrons. The molecule has 0 aliphatic carbocycles. The Hall–Kier alpha value is -2.17. The van der Waals surface area contributed by atoms with Gasteiger partial charge in [0, 0.05) is 6.42 Å². The Morgan fingerprint density at radius 1 is 1.41 bits per heavy atom. The maximum absolute atomic E-state index is 10.5. The highest BCUT2D eigenvalue weighted by molar-refractivity contribution is 5.82. The van der Waals surface area contributed by atoms with E-state index < -0.39 is 5.97 Å². The molecule has 0 aliphatic rings. The third kappa shape index (κ3) is 2.90. The largest absolute Gasteiger partial charge is 0.475 e. The van der Waals surface area contributed by atoms with Crippen molar-refractivity contribution < 1.29 is 14.4 Å². The summed E-state index contributed by atoms with van der Waals surface area (Å²) in [6.07, 6.45) is 1.30. The van der Waals surface area contributed by atoms with Crippen LogP contribution >= 0.6 is 0 Å². The second-order valence-electron chi connectivity index (χ2n) is 3.81. The average molecular weight is 232 g/mol. The highest BCUT2D eigenvalue weighted by Crippen LogP contribution is 2.08. The van der Waals surface area contributed by atoms with E-state index in [9.17, 15) is 4.79 Å². The van der Waals surface area contributed by atoms with Crippen LogP contribution in [0, 0.1) is 6.92 Å². The number of benzene rings is 1. The summed E-state index contributed by atoms with van der Waals surface area (Å²) >= 11 is 0. The fraction of sp³-hybridized carbons (Fsp3) is 0.250. The van der Waals surface area contributed by atoms with E-state index in [0.29, 0.717) is 12.3 Å². The smallest absolute Gasteiger partial charge is 0.377 e. The fourth-order valence-corrected chi connectivity index (χ4v) is 1.56.